The van der Waals surface area contributed by atoms with Gasteiger partial charge in [-0.15, -0.1) is 0 Å². The smallest absolute Gasteiger partial charge is 0.310 e. The highest BCUT2D eigenvalue weighted by atomic mass is 16.5. The molecule has 2 atom stereocenters. The molecular weight excluding hydrogens is 268 g/mol. The lowest BCUT2D eigenvalue weighted by molar-refractivity contribution is -0.150. The van der Waals surface area contributed by atoms with Gasteiger partial charge in [0.1, 0.15) is 0 Å². The zero-order valence-corrected chi connectivity index (χ0v) is 13.4. The molecule has 5 heteroatoms. The molecule has 1 aliphatic heterocycles. The van der Waals surface area contributed by atoms with Gasteiger partial charge in [0, 0.05) is 31.1 Å². The normalized spacial score (nSPS) is 27.1. The second-order valence-corrected chi connectivity index (χ2v) is 6.70. The number of amides is 1. The van der Waals surface area contributed by atoms with Gasteiger partial charge in [-0.1, -0.05) is 26.7 Å². The number of likely N-dealkylation sites (tertiary alicyclic amines) is 1. The molecule has 2 unspecified atom stereocenters. The SMILES string of the molecule is COC(=O)C1CC(NC2CCCC2)CN(C(=O)C(C)C)C1. The number of nitrogens with zero attached hydrogens (tertiary/aromatic N) is 1. The highest BCUT2D eigenvalue weighted by Crippen LogP contribution is 2.24. The van der Waals surface area contributed by atoms with Gasteiger partial charge in [0.05, 0.1) is 13.0 Å². The largest absolute Gasteiger partial charge is 0.469 e. The summed E-state index contributed by atoms with van der Waals surface area (Å²) in [5.41, 5.74) is 0. The Bertz CT molecular complexity index is 378. The van der Waals surface area contributed by atoms with Crippen LogP contribution in [-0.2, 0) is 14.3 Å². The standard InChI is InChI=1S/C16H28N2O3/c1-11(2)15(19)18-9-12(16(20)21-3)8-14(10-18)17-13-6-4-5-7-13/h11-14,17H,4-10H2,1-3H3. The van der Waals surface area contributed by atoms with Crippen LogP contribution < -0.4 is 5.32 Å². The van der Waals surface area contributed by atoms with Gasteiger partial charge in [-0.3, -0.25) is 9.59 Å². The molecule has 0 spiro atoms. The van der Waals surface area contributed by atoms with Gasteiger partial charge in [0.15, 0.2) is 0 Å². The average molecular weight is 296 g/mol. The van der Waals surface area contributed by atoms with Gasteiger partial charge in [0.25, 0.3) is 0 Å². The molecular formula is C16H28N2O3. The summed E-state index contributed by atoms with van der Waals surface area (Å²) in [6, 6.07) is 0.746. The summed E-state index contributed by atoms with van der Waals surface area (Å²) in [7, 11) is 1.42. The minimum Gasteiger partial charge on any atom is -0.469 e. The number of hydrogen-bond donors (Lipinski definition) is 1. The number of piperidine rings is 1. The molecule has 2 aliphatic rings. The molecule has 0 aromatic rings. The van der Waals surface area contributed by atoms with Crippen molar-refractivity contribution in [2.24, 2.45) is 11.8 Å². The lowest BCUT2D eigenvalue weighted by Gasteiger charge is -2.39. The maximum absolute atomic E-state index is 12.3. The van der Waals surface area contributed by atoms with E-state index < -0.39 is 0 Å². The highest BCUT2D eigenvalue weighted by Gasteiger charge is 2.35. The van der Waals surface area contributed by atoms with Crippen molar-refractivity contribution in [3.05, 3.63) is 0 Å². The molecule has 0 radical (unpaired) electrons. The van der Waals surface area contributed by atoms with Gasteiger partial charge in [-0.2, -0.15) is 0 Å². The van der Waals surface area contributed by atoms with Crippen molar-refractivity contribution in [3.63, 3.8) is 0 Å². The van der Waals surface area contributed by atoms with Crippen molar-refractivity contribution >= 4 is 11.9 Å². The minimum absolute atomic E-state index is 0.0338. The zero-order valence-electron chi connectivity index (χ0n) is 13.4. The third-order valence-corrected chi connectivity index (χ3v) is 4.62. The molecule has 1 saturated carbocycles. The molecule has 0 aromatic carbocycles. The number of methoxy groups -OCH3 is 1. The number of esters is 1. The third-order valence-electron chi connectivity index (χ3n) is 4.62. The summed E-state index contributed by atoms with van der Waals surface area (Å²) in [6.07, 6.45) is 5.74. The van der Waals surface area contributed by atoms with E-state index >= 15 is 0 Å². The average Bonchev–Trinajstić information content (AvgIpc) is 2.97. The Balaban J connectivity index is 2.01. The topological polar surface area (TPSA) is 58.6 Å². The Kier molecular flexibility index (Phi) is 5.62. The van der Waals surface area contributed by atoms with Crippen LogP contribution in [0.2, 0.25) is 0 Å². The van der Waals surface area contributed by atoms with Crippen molar-refractivity contribution in [3.8, 4) is 0 Å². The first-order valence-electron chi connectivity index (χ1n) is 8.14. The van der Waals surface area contributed by atoms with Gasteiger partial charge >= 0.3 is 5.97 Å². The summed E-state index contributed by atoms with van der Waals surface area (Å²) < 4.78 is 4.89. The van der Waals surface area contributed by atoms with E-state index in [2.05, 4.69) is 5.32 Å². The van der Waals surface area contributed by atoms with Crippen molar-refractivity contribution in [2.45, 2.75) is 58.0 Å². The van der Waals surface area contributed by atoms with Crippen LogP contribution in [0.15, 0.2) is 0 Å². The van der Waals surface area contributed by atoms with Crippen LogP contribution in [0.4, 0.5) is 0 Å². The lowest BCUT2D eigenvalue weighted by atomic mass is 9.92. The molecule has 1 amide bonds. The van der Waals surface area contributed by atoms with Crippen LogP contribution in [-0.4, -0.2) is 49.1 Å². The van der Waals surface area contributed by atoms with Crippen LogP contribution in [0.1, 0.15) is 46.0 Å². The maximum Gasteiger partial charge on any atom is 0.310 e. The van der Waals surface area contributed by atoms with Crippen molar-refractivity contribution in [1.29, 1.82) is 0 Å². The quantitative estimate of drug-likeness (QED) is 0.800. The molecule has 120 valence electrons. The van der Waals surface area contributed by atoms with E-state index in [0.717, 1.165) is 6.42 Å². The number of carbonyl (C=O) groups is 2. The van der Waals surface area contributed by atoms with E-state index in [0.29, 0.717) is 19.1 Å². The molecule has 0 aromatic heterocycles. The van der Waals surface area contributed by atoms with Crippen LogP contribution in [0.3, 0.4) is 0 Å². The van der Waals surface area contributed by atoms with E-state index in [1.807, 2.05) is 18.7 Å². The Labute approximate surface area is 127 Å². The van der Waals surface area contributed by atoms with Gasteiger partial charge in [-0.25, -0.2) is 0 Å². The third kappa shape index (κ3) is 4.19. The van der Waals surface area contributed by atoms with Crippen LogP contribution in [0.25, 0.3) is 0 Å². The summed E-state index contributed by atoms with van der Waals surface area (Å²) in [5, 5.41) is 3.65. The first kappa shape index (κ1) is 16.3. The van der Waals surface area contributed by atoms with E-state index in [4.69, 9.17) is 4.74 Å². The van der Waals surface area contributed by atoms with E-state index in [9.17, 15) is 9.59 Å². The zero-order chi connectivity index (χ0) is 15.4. The second-order valence-electron chi connectivity index (χ2n) is 6.70. The van der Waals surface area contributed by atoms with Crippen LogP contribution in [0, 0.1) is 11.8 Å². The predicted octanol–water partition coefficient (Wildman–Crippen LogP) is 1.56. The molecule has 21 heavy (non-hydrogen) atoms. The van der Waals surface area contributed by atoms with Gasteiger partial charge in [-0.05, 0) is 19.3 Å². The molecule has 1 heterocycles. The Morgan fingerprint density at radius 2 is 1.81 bits per heavy atom. The minimum atomic E-state index is -0.203. The molecule has 1 aliphatic carbocycles. The summed E-state index contributed by atoms with van der Waals surface area (Å²) in [4.78, 5) is 26.0. The fourth-order valence-corrected chi connectivity index (χ4v) is 3.53. The number of carbonyl (C=O) groups excluding carboxylic acids is 2. The van der Waals surface area contributed by atoms with Crippen molar-refractivity contribution in [2.75, 3.05) is 20.2 Å². The molecule has 1 N–H and O–H groups in total. The summed E-state index contributed by atoms with van der Waals surface area (Å²) in [6.45, 7) is 5.01. The van der Waals surface area contributed by atoms with Crippen molar-refractivity contribution in [1.82, 2.24) is 10.2 Å². The fraction of sp³-hybridized carbons (Fsp3) is 0.875. The van der Waals surface area contributed by atoms with Crippen molar-refractivity contribution < 1.29 is 14.3 Å². The van der Waals surface area contributed by atoms with Gasteiger partial charge in [0.2, 0.25) is 5.91 Å². The number of hydrogen-bond acceptors (Lipinski definition) is 4. The molecule has 2 fully saturated rings. The predicted molar refractivity (Wildman–Crippen MR) is 80.7 cm³/mol. The number of ether oxygens (including phenoxy) is 1. The monoisotopic (exact) mass is 296 g/mol. The highest BCUT2D eigenvalue weighted by molar-refractivity contribution is 5.80. The van der Waals surface area contributed by atoms with E-state index in [1.54, 1.807) is 0 Å². The molecule has 0 bridgehead atoms. The summed E-state index contributed by atoms with van der Waals surface area (Å²) in [5.74, 6) is -0.310. The summed E-state index contributed by atoms with van der Waals surface area (Å²) >= 11 is 0. The van der Waals surface area contributed by atoms with E-state index in [-0.39, 0.29) is 29.8 Å². The van der Waals surface area contributed by atoms with E-state index in [1.165, 1.54) is 32.8 Å². The fourth-order valence-electron chi connectivity index (χ4n) is 3.53. The number of rotatable bonds is 4. The number of nitrogens with one attached hydrogen (secondary N) is 1. The molecule has 1 saturated heterocycles. The Hall–Kier alpha value is -1.10. The maximum atomic E-state index is 12.3. The first-order chi connectivity index (χ1) is 10.0. The van der Waals surface area contributed by atoms with Gasteiger partial charge < -0.3 is 15.0 Å². The van der Waals surface area contributed by atoms with Crippen LogP contribution >= 0.6 is 0 Å². The van der Waals surface area contributed by atoms with Crippen LogP contribution in [0.5, 0.6) is 0 Å². The first-order valence-corrected chi connectivity index (χ1v) is 8.14. The lowest BCUT2D eigenvalue weighted by Crippen LogP contribution is -2.55. The Morgan fingerprint density at radius 1 is 1.14 bits per heavy atom. The second kappa shape index (κ2) is 7.25. The molecule has 2 rings (SSSR count). The Morgan fingerprint density at radius 3 is 2.38 bits per heavy atom. The molecule has 5 nitrogen and oxygen atoms in total.